The van der Waals surface area contributed by atoms with Crippen LogP contribution in [0.4, 0.5) is 0 Å². The number of primary amides is 1. The summed E-state index contributed by atoms with van der Waals surface area (Å²) in [5, 5.41) is 3.15. The number of nitrogens with one attached hydrogen (secondary N) is 1. The predicted molar refractivity (Wildman–Crippen MR) is 73.3 cm³/mol. The van der Waals surface area contributed by atoms with Crippen molar-refractivity contribution in [3.8, 4) is 0 Å². The van der Waals surface area contributed by atoms with Gasteiger partial charge in [-0.3, -0.25) is 4.79 Å². The summed E-state index contributed by atoms with van der Waals surface area (Å²) < 4.78 is 5.69. The summed E-state index contributed by atoms with van der Waals surface area (Å²) in [6.07, 6.45) is 8.35. The molecule has 106 valence electrons. The molecule has 1 amide bonds. The maximum Gasteiger partial charge on any atom is 0.234 e. The Morgan fingerprint density at radius 2 is 2.11 bits per heavy atom. The van der Waals surface area contributed by atoms with Gasteiger partial charge in [0.1, 0.15) is 0 Å². The van der Waals surface area contributed by atoms with Crippen molar-refractivity contribution in [2.75, 3.05) is 19.8 Å². The van der Waals surface area contributed by atoms with Gasteiger partial charge in [-0.1, -0.05) is 26.2 Å². The van der Waals surface area contributed by atoms with Crippen molar-refractivity contribution in [3.05, 3.63) is 0 Å². The highest BCUT2D eigenvalue weighted by molar-refractivity contribution is 5.79. The van der Waals surface area contributed by atoms with Crippen LogP contribution in [0.3, 0.4) is 0 Å². The van der Waals surface area contributed by atoms with Gasteiger partial charge in [-0.05, 0) is 38.1 Å². The zero-order chi connectivity index (χ0) is 13.2. The fourth-order valence-corrected chi connectivity index (χ4v) is 2.47. The summed E-state index contributed by atoms with van der Waals surface area (Å²) >= 11 is 0. The first-order valence-corrected chi connectivity index (χ1v) is 7.34. The number of nitrogens with two attached hydrogens (primary N) is 1. The molecule has 0 aromatic carbocycles. The van der Waals surface area contributed by atoms with Crippen molar-refractivity contribution in [2.45, 2.75) is 57.9 Å². The summed E-state index contributed by atoms with van der Waals surface area (Å²) in [6, 6.07) is -0.240. The fraction of sp³-hybridized carbons (Fsp3) is 0.929. The lowest BCUT2D eigenvalue weighted by molar-refractivity contribution is -0.120. The molecule has 3 N–H and O–H groups in total. The largest absolute Gasteiger partial charge is 0.381 e. The van der Waals surface area contributed by atoms with Gasteiger partial charge in [-0.25, -0.2) is 0 Å². The number of ether oxygens (including phenoxy) is 1. The standard InChI is InChI=1S/C14H28N2O2/c1-2-9-16-13(14(15)17)8-10-18-11-12-6-4-3-5-7-12/h12-13,16H,2-11H2,1H3,(H2,15,17). The molecular weight excluding hydrogens is 228 g/mol. The topological polar surface area (TPSA) is 64.3 Å². The van der Waals surface area contributed by atoms with Crippen LogP contribution in [0.25, 0.3) is 0 Å². The van der Waals surface area contributed by atoms with Crippen LogP contribution in [0.15, 0.2) is 0 Å². The van der Waals surface area contributed by atoms with Crippen molar-refractivity contribution in [1.82, 2.24) is 5.32 Å². The first kappa shape index (κ1) is 15.4. The average Bonchev–Trinajstić information content (AvgIpc) is 2.38. The molecule has 0 aliphatic heterocycles. The predicted octanol–water partition coefficient (Wildman–Crippen LogP) is 1.83. The number of rotatable bonds is 9. The number of hydrogen-bond donors (Lipinski definition) is 2. The summed E-state index contributed by atoms with van der Waals surface area (Å²) in [4.78, 5) is 11.2. The van der Waals surface area contributed by atoms with Crippen molar-refractivity contribution in [1.29, 1.82) is 0 Å². The number of carbonyl (C=O) groups is 1. The van der Waals surface area contributed by atoms with E-state index in [4.69, 9.17) is 10.5 Å². The van der Waals surface area contributed by atoms with E-state index in [0.29, 0.717) is 13.0 Å². The Bertz CT molecular complexity index is 228. The molecule has 1 saturated carbocycles. The molecule has 0 heterocycles. The summed E-state index contributed by atoms with van der Waals surface area (Å²) in [6.45, 7) is 4.38. The highest BCUT2D eigenvalue weighted by Gasteiger charge is 2.16. The zero-order valence-corrected chi connectivity index (χ0v) is 11.6. The van der Waals surface area contributed by atoms with Crippen LogP contribution in [0.1, 0.15) is 51.9 Å². The van der Waals surface area contributed by atoms with Crippen LogP contribution in [0, 0.1) is 5.92 Å². The quantitative estimate of drug-likeness (QED) is 0.619. The van der Waals surface area contributed by atoms with E-state index in [1.807, 2.05) is 0 Å². The minimum absolute atomic E-state index is 0.240. The second kappa shape index (κ2) is 9.34. The van der Waals surface area contributed by atoms with Gasteiger partial charge >= 0.3 is 0 Å². The molecule has 4 heteroatoms. The Labute approximate surface area is 111 Å². The van der Waals surface area contributed by atoms with Gasteiger partial charge in [-0.2, -0.15) is 0 Å². The molecule has 1 fully saturated rings. The summed E-state index contributed by atoms with van der Waals surface area (Å²) in [5.74, 6) is 0.457. The normalized spacial score (nSPS) is 18.7. The fourth-order valence-electron chi connectivity index (χ4n) is 2.47. The number of amides is 1. The van der Waals surface area contributed by atoms with Crippen LogP contribution in [-0.4, -0.2) is 31.7 Å². The molecule has 1 unspecified atom stereocenters. The molecule has 1 rings (SSSR count). The molecule has 1 aliphatic rings. The van der Waals surface area contributed by atoms with Crippen LogP contribution < -0.4 is 11.1 Å². The van der Waals surface area contributed by atoms with Gasteiger partial charge in [-0.15, -0.1) is 0 Å². The van der Waals surface area contributed by atoms with E-state index in [-0.39, 0.29) is 11.9 Å². The Hall–Kier alpha value is -0.610. The highest BCUT2D eigenvalue weighted by Crippen LogP contribution is 2.23. The molecular formula is C14H28N2O2. The lowest BCUT2D eigenvalue weighted by Crippen LogP contribution is -2.42. The molecule has 0 aromatic heterocycles. The second-order valence-corrected chi connectivity index (χ2v) is 5.28. The van der Waals surface area contributed by atoms with E-state index in [1.54, 1.807) is 0 Å². The van der Waals surface area contributed by atoms with Crippen LogP contribution >= 0.6 is 0 Å². The monoisotopic (exact) mass is 256 g/mol. The molecule has 0 spiro atoms. The first-order valence-electron chi connectivity index (χ1n) is 7.34. The minimum atomic E-state index is -0.273. The molecule has 0 saturated heterocycles. The van der Waals surface area contributed by atoms with Gasteiger partial charge < -0.3 is 15.8 Å². The molecule has 1 aliphatic carbocycles. The first-order chi connectivity index (χ1) is 8.74. The third kappa shape index (κ3) is 6.36. The lowest BCUT2D eigenvalue weighted by Gasteiger charge is -2.22. The molecule has 0 bridgehead atoms. The Morgan fingerprint density at radius 1 is 1.39 bits per heavy atom. The van der Waals surface area contributed by atoms with Crippen LogP contribution in [0.2, 0.25) is 0 Å². The molecule has 0 radical (unpaired) electrons. The van der Waals surface area contributed by atoms with E-state index < -0.39 is 0 Å². The average molecular weight is 256 g/mol. The van der Waals surface area contributed by atoms with Gasteiger partial charge in [0.15, 0.2) is 0 Å². The smallest absolute Gasteiger partial charge is 0.234 e. The Balaban J connectivity index is 2.08. The Morgan fingerprint density at radius 3 is 2.72 bits per heavy atom. The van der Waals surface area contributed by atoms with Gasteiger partial charge in [0.25, 0.3) is 0 Å². The third-order valence-electron chi connectivity index (χ3n) is 3.61. The van der Waals surface area contributed by atoms with Crippen LogP contribution in [-0.2, 0) is 9.53 Å². The van der Waals surface area contributed by atoms with E-state index in [1.165, 1.54) is 32.1 Å². The maximum atomic E-state index is 11.2. The van der Waals surface area contributed by atoms with E-state index in [9.17, 15) is 4.79 Å². The second-order valence-electron chi connectivity index (χ2n) is 5.28. The number of hydrogen-bond acceptors (Lipinski definition) is 3. The van der Waals surface area contributed by atoms with Crippen molar-refractivity contribution < 1.29 is 9.53 Å². The van der Waals surface area contributed by atoms with Gasteiger partial charge in [0.2, 0.25) is 5.91 Å². The molecule has 18 heavy (non-hydrogen) atoms. The van der Waals surface area contributed by atoms with Crippen LogP contribution in [0.5, 0.6) is 0 Å². The summed E-state index contributed by atoms with van der Waals surface area (Å²) in [5.41, 5.74) is 5.35. The molecule has 4 nitrogen and oxygen atoms in total. The maximum absolute atomic E-state index is 11.2. The molecule has 1 atom stereocenters. The van der Waals surface area contributed by atoms with E-state index in [0.717, 1.165) is 25.5 Å². The van der Waals surface area contributed by atoms with Gasteiger partial charge in [0, 0.05) is 13.2 Å². The SMILES string of the molecule is CCCNC(CCOCC1CCCCC1)C(N)=O. The zero-order valence-electron chi connectivity index (χ0n) is 11.6. The van der Waals surface area contributed by atoms with Crippen molar-refractivity contribution >= 4 is 5.91 Å². The van der Waals surface area contributed by atoms with Gasteiger partial charge in [0.05, 0.1) is 6.04 Å². The third-order valence-corrected chi connectivity index (χ3v) is 3.61. The Kier molecular flexibility index (Phi) is 8.01. The lowest BCUT2D eigenvalue weighted by atomic mass is 9.90. The highest BCUT2D eigenvalue weighted by atomic mass is 16.5. The van der Waals surface area contributed by atoms with E-state index in [2.05, 4.69) is 12.2 Å². The van der Waals surface area contributed by atoms with E-state index >= 15 is 0 Å². The molecule has 0 aromatic rings. The number of carbonyl (C=O) groups excluding carboxylic acids is 1. The van der Waals surface area contributed by atoms with Crippen molar-refractivity contribution in [3.63, 3.8) is 0 Å². The minimum Gasteiger partial charge on any atom is -0.381 e. The van der Waals surface area contributed by atoms with Crippen molar-refractivity contribution in [2.24, 2.45) is 11.7 Å². The summed E-state index contributed by atoms with van der Waals surface area (Å²) in [7, 11) is 0.